The molecule has 0 spiro atoms. The van der Waals surface area contributed by atoms with Crippen molar-refractivity contribution in [2.45, 2.75) is 19.1 Å². The summed E-state index contributed by atoms with van der Waals surface area (Å²) in [6.07, 6.45) is 0. The van der Waals surface area contributed by atoms with Crippen molar-refractivity contribution in [1.82, 2.24) is 0 Å². The lowest BCUT2D eigenvalue weighted by Crippen LogP contribution is -2.16. The van der Waals surface area contributed by atoms with Gasteiger partial charge in [0.05, 0.1) is 11.4 Å². The van der Waals surface area contributed by atoms with E-state index in [1.165, 1.54) is 30.0 Å². The normalized spacial score (nSPS) is 10.5. The number of benzene rings is 1. The Balaban J connectivity index is 2.59. The standard InChI is InChI=1S/C11H15FN2OS/c1-7(2)16-6-11(15)14-10-5-8(13)3-4-9(10)12/h3-5,7H,6,13H2,1-2H3,(H,14,15). The van der Waals surface area contributed by atoms with Gasteiger partial charge in [0.1, 0.15) is 5.82 Å². The lowest BCUT2D eigenvalue weighted by molar-refractivity contribution is -0.113. The fourth-order valence-corrected chi connectivity index (χ4v) is 1.62. The van der Waals surface area contributed by atoms with Gasteiger partial charge in [0, 0.05) is 5.69 Å². The molecule has 0 aliphatic carbocycles. The molecule has 0 heterocycles. The Bertz CT molecular complexity index is 382. The number of nitrogens with two attached hydrogens (primary N) is 1. The minimum Gasteiger partial charge on any atom is -0.399 e. The van der Waals surface area contributed by atoms with Gasteiger partial charge in [-0.2, -0.15) is 0 Å². The number of amides is 1. The van der Waals surface area contributed by atoms with E-state index in [2.05, 4.69) is 5.32 Å². The number of nitrogens with one attached hydrogen (secondary N) is 1. The molecule has 1 aromatic carbocycles. The lowest BCUT2D eigenvalue weighted by Gasteiger charge is -2.08. The summed E-state index contributed by atoms with van der Waals surface area (Å²) in [6.45, 7) is 4.00. The average Bonchev–Trinajstić information content (AvgIpc) is 2.20. The van der Waals surface area contributed by atoms with Crippen LogP contribution in [0.1, 0.15) is 13.8 Å². The molecule has 1 aromatic rings. The summed E-state index contributed by atoms with van der Waals surface area (Å²) >= 11 is 1.50. The zero-order valence-corrected chi connectivity index (χ0v) is 10.1. The first-order chi connectivity index (χ1) is 7.49. The molecule has 0 saturated heterocycles. The first kappa shape index (κ1) is 12.8. The summed E-state index contributed by atoms with van der Waals surface area (Å²) in [6, 6.07) is 4.10. The number of rotatable bonds is 4. The van der Waals surface area contributed by atoms with Gasteiger partial charge in [0.2, 0.25) is 5.91 Å². The van der Waals surface area contributed by atoms with Crippen molar-refractivity contribution < 1.29 is 9.18 Å². The summed E-state index contributed by atoms with van der Waals surface area (Å²) in [5.74, 6) is -0.383. The van der Waals surface area contributed by atoms with E-state index in [9.17, 15) is 9.18 Å². The van der Waals surface area contributed by atoms with Gasteiger partial charge in [0.15, 0.2) is 0 Å². The molecule has 0 radical (unpaired) electrons. The third kappa shape index (κ3) is 4.10. The van der Waals surface area contributed by atoms with Crippen molar-refractivity contribution >= 4 is 29.0 Å². The van der Waals surface area contributed by atoms with Crippen molar-refractivity contribution in [2.75, 3.05) is 16.8 Å². The third-order valence-electron chi connectivity index (χ3n) is 1.81. The van der Waals surface area contributed by atoms with Crippen LogP contribution in [0.4, 0.5) is 15.8 Å². The smallest absolute Gasteiger partial charge is 0.234 e. The molecule has 5 heteroatoms. The molecule has 16 heavy (non-hydrogen) atoms. The molecule has 88 valence electrons. The average molecular weight is 242 g/mol. The van der Waals surface area contributed by atoms with Crippen LogP contribution in [0.5, 0.6) is 0 Å². The summed E-state index contributed by atoms with van der Waals surface area (Å²) in [4.78, 5) is 11.4. The zero-order chi connectivity index (χ0) is 12.1. The lowest BCUT2D eigenvalue weighted by atomic mass is 10.2. The van der Waals surface area contributed by atoms with Crippen molar-refractivity contribution in [3.63, 3.8) is 0 Å². The number of halogens is 1. The largest absolute Gasteiger partial charge is 0.399 e. The zero-order valence-electron chi connectivity index (χ0n) is 9.29. The molecule has 3 N–H and O–H groups in total. The summed E-state index contributed by atoms with van der Waals surface area (Å²) in [5, 5.41) is 2.86. The van der Waals surface area contributed by atoms with Gasteiger partial charge in [-0.15, -0.1) is 11.8 Å². The Morgan fingerprint density at radius 2 is 2.25 bits per heavy atom. The molecule has 0 saturated carbocycles. The number of carbonyl (C=O) groups excluding carboxylic acids is 1. The van der Waals surface area contributed by atoms with Crippen LogP contribution in [0.15, 0.2) is 18.2 Å². The molecule has 1 rings (SSSR count). The number of thioether (sulfide) groups is 1. The van der Waals surface area contributed by atoms with Gasteiger partial charge >= 0.3 is 0 Å². The van der Waals surface area contributed by atoms with Gasteiger partial charge < -0.3 is 11.1 Å². The minimum atomic E-state index is -0.475. The second-order valence-electron chi connectivity index (χ2n) is 3.65. The van der Waals surface area contributed by atoms with Gasteiger partial charge in [-0.25, -0.2) is 4.39 Å². The molecule has 0 fully saturated rings. The third-order valence-corrected chi connectivity index (χ3v) is 2.91. The number of hydrogen-bond donors (Lipinski definition) is 2. The molecule has 0 atom stereocenters. The summed E-state index contributed by atoms with van der Waals surface area (Å²) < 4.78 is 13.3. The number of nitrogen functional groups attached to an aromatic ring is 1. The van der Waals surface area contributed by atoms with Crippen molar-refractivity contribution in [1.29, 1.82) is 0 Å². The molecular weight excluding hydrogens is 227 g/mol. The van der Waals surface area contributed by atoms with Gasteiger partial charge in [-0.05, 0) is 23.4 Å². The summed E-state index contributed by atoms with van der Waals surface area (Å²) in [7, 11) is 0. The van der Waals surface area contributed by atoms with E-state index in [0.717, 1.165) is 0 Å². The van der Waals surface area contributed by atoms with Crippen LogP contribution < -0.4 is 11.1 Å². The highest BCUT2D eigenvalue weighted by Gasteiger charge is 2.08. The van der Waals surface area contributed by atoms with E-state index in [-0.39, 0.29) is 11.6 Å². The van der Waals surface area contributed by atoms with E-state index in [4.69, 9.17) is 5.73 Å². The predicted octanol–water partition coefficient (Wildman–Crippen LogP) is 2.49. The molecule has 0 aliphatic rings. The summed E-state index contributed by atoms with van der Waals surface area (Å²) in [5.41, 5.74) is 6.06. The van der Waals surface area contributed by atoms with Crippen LogP contribution >= 0.6 is 11.8 Å². The maximum atomic E-state index is 13.3. The van der Waals surface area contributed by atoms with E-state index in [1.807, 2.05) is 13.8 Å². The van der Waals surface area contributed by atoms with E-state index < -0.39 is 5.82 Å². The highest BCUT2D eigenvalue weighted by atomic mass is 32.2. The maximum Gasteiger partial charge on any atom is 0.234 e. The van der Waals surface area contributed by atoms with E-state index in [0.29, 0.717) is 16.7 Å². The molecule has 0 bridgehead atoms. The first-order valence-electron chi connectivity index (χ1n) is 4.95. The molecular formula is C11H15FN2OS. The van der Waals surface area contributed by atoms with Crippen LogP contribution in [0.2, 0.25) is 0 Å². The fraction of sp³-hybridized carbons (Fsp3) is 0.364. The van der Waals surface area contributed by atoms with Gasteiger partial charge in [-0.3, -0.25) is 4.79 Å². The van der Waals surface area contributed by atoms with Gasteiger partial charge in [-0.1, -0.05) is 13.8 Å². The topological polar surface area (TPSA) is 55.1 Å². The van der Waals surface area contributed by atoms with Crippen LogP contribution in [0.25, 0.3) is 0 Å². The Hall–Kier alpha value is -1.23. The second-order valence-corrected chi connectivity index (χ2v) is 5.21. The Kier molecular flexibility index (Phi) is 4.61. The first-order valence-corrected chi connectivity index (χ1v) is 6.00. The predicted molar refractivity (Wildman–Crippen MR) is 67.0 cm³/mol. The molecule has 1 amide bonds. The minimum absolute atomic E-state index is 0.134. The van der Waals surface area contributed by atoms with Crippen molar-refractivity contribution in [2.24, 2.45) is 0 Å². The highest BCUT2D eigenvalue weighted by molar-refractivity contribution is 8.00. The SMILES string of the molecule is CC(C)SCC(=O)Nc1cc(N)ccc1F. The van der Waals surface area contributed by atoms with Gasteiger partial charge in [0.25, 0.3) is 0 Å². The quantitative estimate of drug-likeness (QED) is 0.797. The van der Waals surface area contributed by atoms with Crippen LogP contribution in [-0.4, -0.2) is 16.9 Å². The van der Waals surface area contributed by atoms with Crippen molar-refractivity contribution in [3.8, 4) is 0 Å². The van der Waals surface area contributed by atoms with Crippen LogP contribution in [0, 0.1) is 5.82 Å². The number of anilines is 2. The molecule has 0 unspecified atom stereocenters. The second kappa shape index (κ2) is 5.75. The number of carbonyl (C=O) groups is 1. The molecule has 0 aliphatic heterocycles. The monoisotopic (exact) mass is 242 g/mol. The highest BCUT2D eigenvalue weighted by Crippen LogP contribution is 2.18. The van der Waals surface area contributed by atoms with Crippen LogP contribution in [-0.2, 0) is 4.79 Å². The fourth-order valence-electron chi connectivity index (χ4n) is 1.07. The maximum absolute atomic E-state index is 13.3. The van der Waals surface area contributed by atoms with Crippen LogP contribution in [0.3, 0.4) is 0 Å². The Morgan fingerprint density at radius 1 is 1.56 bits per heavy atom. The van der Waals surface area contributed by atoms with E-state index in [1.54, 1.807) is 0 Å². The molecule has 0 aromatic heterocycles. The Labute approximate surface area is 98.6 Å². The number of hydrogen-bond acceptors (Lipinski definition) is 3. The van der Waals surface area contributed by atoms with Crippen molar-refractivity contribution in [3.05, 3.63) is 24.0 Å². The molecule has 3 nitrogen and oxygen atoms in total. The van der Waals surface area contributed by atoms with E-state index >= 15 is 0 Å². The Morgan fingerprint density at radius 3 is 2.88 bits per heavy atom.